The molecule has 0 aliphatic heterocycles. The molecule has 0 unspecified atom stereocenters. The van der Waals surface area contributed by atoms with Crippen LogP contribution in [0.25, 0.3) is 0 Å². The molecule has 0 spiro atoms. The van der Waals surface area contributed by atoms with Crippen LogP contribution in [0.3, 0.4) is 0 Å². The van der Waals surface area contributed by atoms with E-state index in [-0.39, 0.29) is 6.61 Å². The summed E-state index contributed by atoms with van der Waals surface area (Å²) in [4.78, 5) is 0. The van der Waals surface area contributed by atoms with Crippen LogP contribution < -0.4 is 13.1 Å². The quantitative estimate of drug-likeness (QED) is 0.731. The molecule has 0 fully saturated rings. The van der Waals surface area contributed by atoms with Gasteiger partial charge in [-0.25, -0.2) is 4.39 Å². The van der Waals surface area contributed by atoms with Crippen LogP contribution in [0.5, 0.6) is 11.5 Å². The van der Waals surface area contributed by atoms with Gasteiger partial charge in [0.1, 0.15) is 6.67 Å². The van der Waals surface area contributed by atoms with Crippen molar-refractivity contribution in [1.29, 1.82) is 0 Å². The Balaban J connectivity index is 1.87. The molecule has 2 nitrogen and oxygen atoms in total. The summed E-state index contributed by atoms with van der Waals surface area (Å²) < 4.78 is 24.1. The molecule has 2 aromatic rings. The fourth-order valence-electron chi connectivity index (χ4n) is 1.57. The van der Waals surface area contributed by atoms with Crippen molar-refractivity contribution in [1.82, 2.24) is 0 Å². The van der Waals surface area contributed by atoms with Crippen LogP contribution in [0.2, 0.25) is 0 Å². The van der Waals surface area contributed by atoms with Crippen LogP contribution >= 0.6 is 0 Å². The van der Waals surface area contributed by atoms with E-state index in [1.807, 2.05) is 12.1 Å². The zero-order chi connectivity index (χ0) is 13.5. The van der Waals surface area contributed by atoms with Crippen molar-refractivity contribution < 1.29 is 13.9 Å². The molecule has 0 aliphatic carbocycles. The Morgan fingerprint density at radius 1 is 0.842 bits per heavy atom. The van der Waals surface area contributed by atoms with E-state index >= 15 is 0 Å². The van der Waals surface area contributed by atoms with E-state index in [0.717, 1.165) is 33.8 Å². The first kappa shape index (κ1) is 14.2. The van der Waals surface area contributed by atoms with E-state index in [0.29, 0.717) is 12.4 Å². The third-order valence-corrected chi connectivity index (χ3v) is 3.65. The van der Waals surface area contributed by atoms with E-state index in [1.165, 1.54) is 3.58 Å². The minimum absolute atomic E-state index is 0.0900. The van der Waals surface area contributed by atoms with Gasteiger partial charge in [-0.2, -0.15) is 0 Å². The summed E-state index contributed by atoms with van der Waals surface area (Å²) in [6, 6.07) is 15.6. The normalized spacial score (nSPS) is 10.2. The summed E-state index contributed by atoms with van der Waals surface area (Å²) >= 11 is 1.13. The van der Waals surface area contributed by atoms with Crippen molar-refractivity contribution in [2.75, 3.05) is 13.3 Å². The van der Waals surface area contributed by atoms with E-state index < -0.39 is 6.67 Å². The molecule has 0 aliphatic rings. The Morgan fingerprint density at radius 3 is 2.00 bits per heavy atom. The molecule has 2 aromatic carbocycles. The van der Waals surface area contributed by atoms with E-state index in [4.69, 9.17) is 9.47 Å². The maximum absolute atomic E-state index is 11.9. The maximum atomic E-state index is 11.9. The standard InChI is InChI=1S/C15H14FO2.Sn.H/c16-10-11-17-14-6-8-15(9-7-14)18-12-13-4-2-1-3-5-13;;/h2-9H,10-12H2;;. The van der Waals surface area contributed by atoms with E-state index in [2.05, 4.69) is 24.3 Å². The Hall–Kier alpha value is -1.23. The van der Waals surface area contributed by atoms with Gasteiger partial charge in [-0.1, -0.05) is 0 Å². The second-order valence-corrected chi connectivity index (χ2v) is 5.94. The molecule has 4 heteroatoms. The third-order valence-electron chi connectivity index (χ3n) is 2.55. The second kappa shape index (κ2) is 7.38. The second-order valence-electron chi connectivity index (χ2n) is 4.04. The number of halogens is 1. The van der Waals surface area contributed by atoms with Gasteiger partial charge in [0.25, 0.3) is 0 Å². The molecule has 98 valence electrons. The molecular formula is C15H15FO2Sn. The molecule has 0 N–H and O–H groups in total. The third kappa shape index (κ3) is 4.74. The van der Waals surface area contributed by atoms with E-state index in [9.17, 15) is 4.39 Å². The molecule has 0 aromatic heterocycles. The summed E-state index contributed by atoms with van der Waals surface area (Å²) in [5.41, 5.74) is 1.15. The number of benzene rings is 2. The first-order valence-corrected chi connectivity index (χ1v) is 7.69. The van der Waals surface area contributed by atoms with Gasteiger partial charge in [-0.05, 0) is 0 Å². The van der Waals surface area contributed by atoms with Crippen molar-refractivity contribution in [3.05, 3.63) is 54.1 Å². The molecule has 0 atom stereocenters. The molecule has 0 amide bonds. The van der Waals surface area contributed by atoms with Crippen LogP contribution in [-0.4, -0.2) is 35.8 Å². The monoisotopic (exact) mass is 366 g/mol. The molecule has 0 saturated carbocycles. The van der Waals surface area contributed by atoms with Gasteiger partial charge in [0.2, 0.25) is 0 Å². The van der Waals surface area contributed by atoms with Crippen LogP contribution in [0, 0.1) is 0 Å². The van der Waals surface area contributed by atoms with Crippen molar-refractivity contribution in [2.24, 2.45) is 0 Å². The van der Waals surface area contributed by atoms with Crippen molar-refractivity contribution in [3.8, 4) is 11.5 Å². The zero-order valence-corrected chi connectivity index (χ0v) is 13.8. The van der Waals surface area contributed by atoms with Crippen molar-refractivity contribution >= 4 is 26.1 Å². The average molecular weight is 365 g/mol. The average Bonchev–Trinajstić information content (AvgIpc) is 2.46. The SMILES string of the molecule is FCCOc1ccc(OCc2cc[c]([SnH])cc2)cc1. The Morgan fingerprint density at radius 2 is 1.42 bits per heavy atom. The van der Waals surface area contributed by atoms with Crippen LogP contribution in [0.1, 0.15) is 5.56 Å². The van der Waals surface area contributed by atoms with Gasteiger partial charge < -0.3 is 0 Å². The molecule has 0 saturated heterocycles. The van der Waals surface area contributed by atoms with Crippen LogP contribution in [0.15, 0.2) is 48.5 Å². The van der Waals surface area contributed by atoms with Gasteiger partial charge in [0.15, 0.2) is 0 Å². The van der Waals surface area contributed by atoms with Gasteiger partial charge in [-0.3, -0.25) is 0 Å². The predicted octanol–water partition coefficient (Wildman–Crippen LogP) is 2.14. The number of hydrogen-bond donors (Lipinski definition) is 0. The number of alkyl halides is 1. The first-order chi connectivity index (χ1) is 9.28. The van der Waals surface area contributed by atoms with Gasteiger partial charge in [-0.15, -0.1) is 0 Å². The predicted molar refractivity (Wildman–Crippen MR) is 75.5 cm³/mol. The van der Waals surface area contributed by atoms with Gasteiger partial charge in [0.05, 0.1) is 0 Å². The molecule has 19 heavy (non-hydrogen) atoms. The minimum atomic E-state index is -0.478. The van der Waals surface area contributed by atoms with Crippen LogP contribution in [0.4, 0.5) is 4.39 Å². The number of hydrogen-bond acceptors (Lipinski definition) is 2. The molecule has 0 bridgehead atoms. The fourth-order valence-corrected chi connectivity index (χ4v) is 2.12. The number of ether oxygens (including phenoxy) is 2. The fraction of sp³-hybridized carbons (Fsp3) is 0.200. The van der Waals surface area contributed by atoms with Crippen molar-refractivity contribution in [3.63, 3.8) is 0 Å². The Bertz CT molecular complexity index is 497. The van der Waals surface area contributed by atoms with Gasteiger partial charge >= 0.3 is 114 Å². The summed E-state index contributed by atoms with van der Waals surface area (Å²) in [5.74, 6) is 1.44. The molecule has 2 radical (unpaired) electrons. The summed E-state index contributed by atoms with van der Waals surface area (Å²) in [7, 11) is 0. The molecule has 2 rings (SSSR count). The zero-order valence-electron chi connectivity index (χ0n) is 10.5. The van der Waals surface area contributed by atoms with Crippen LogP contribution in [-0.2, 0) is 6.61 Å². The Labute approximate surface area is 125 Å². The molecular weight excluding hydrogens is 350 g/mol. The molecule has 0 heterocycles. The van der Waals surface area contributed by atoms with E-state index in [1.54, 1.807) is 12.1 Å². The van der Waals surface area contributed by atoms with Crippen molar-refractivity contribution in [2.45, 2.75) is 6.61 Å². The Kier molecular flexibility index (Phi) is 5.51. The topological polar surface area (TPSA) is 18.5 Å². The van der Waals surface area contributed by atoms with Gasteiger partial charge in [0, 0.05) is 0 Å². The number of rotatable bonds is 6. The summed E-state index contributed by atoms with van der Waals surface area (Å²) in [5, 5.41) is 0. The first-order valence-electron chi connectivity index (χ1n) is 6.04. The summed E-state index contributed by atoms with van der Waals surface area (Å²) in [6.45, 7) is 0.159. The summed E-state index contributed by atoms with van der Waals surface area (Å²) in [6.07, 6.45) is 0.